The molecule has 0 N–H and O–H groups in total. The topological polar surface area (TPSA) is 111 Å². The Morgan fingerprint density at radius 2 is 0.576 bits per heavy atom. The molecule has 0 aliphatic heterocycles. The van der Waals surface area contributed by atoms with E-state index in [0.717, 1.165) is 83.5 Å². The minimum atomic E-state index is -1.62. The van der Waals surface area contributed by atoms with E-state index in [0.29, 0.717) is 23.9 Å². The summed E-state index contributed by atoms with van der Waals surface area (Å²) in [6.07, 6.45) is 108. The third kappa shape index (κ3) is 81.4. The number of likely N-dealkylation sites (N-methyl/N-ethyl adjacent to an activating group) is 1. The molecule has 0 fully saturated rings. The van der Waals surface area contributed by atoms with Gasteiger partial charge in [0.2, 0.25) is 0 Å². The van der Waals surface area contributed by atoms with Gasteiger partial charge in [0.1, 0.15) is 13.2 Å². The van der Waals surface area contributed by atoms with Crippen molar-refractivity contribution >= 4 is 17.9 Å². The molecule has 574 valence electrons. The zero-order valence-electron chi connectivity index (χ0n) is 65.9. The molecule has 0 aliphatic carbocycles. The van der Waals surface area contributed by atoms with Crippen LogP contribution >= 0.6 is 0 Å². The summed E-state index contributed by atoms with van der Waals surface area (Å²) in [5, 5.41) is 11.9. The van der Waals surface area contributed by atoms with Gasteiger partial charge < -0.3 is 33.3 Å². The Hall–Kier alpha value is -3.79. The number of allylic oxidation sites excluding steroid dienone is 16. The fourth-order valence-electron chi connectivity index (χ4n) is 12.4. The van der Waals surface area contributed by atoms with Crippen LogP contribution in [0.1, 0.15) is 399 Å². The second kappa shape index (κ2) is 79.9. The summed E-state index contributed by atoms with van der Waals surface area (Å²) in [4.78, 5) is 37.7. The van der Waals surface area contributed by atoms with Gasteiger partial charge in [-0.15, -0.1) is 0 Å². The normalized spacial score (nSPS) is 13.1. The molecular weight excluding hydrogens is 1220 g/mol. The fourth-order valence-corrected chi connectivity index (χ4v) is 12.4. The number of hydrogen-bond acceptors (Lipinski definition) is 8. The van der Waals surface area contributed by atoms with E-state index < -0.39 is 24.3 Å². The number of aliphatic carboxylic acids is 1. The molecule has 9 heteroatoms. The molecule has 0 aromatic carbocycles. The summed E-state index contributed by atoms with van der Waals surface area (Å²) in [6, 6.07) is 0. The largest absolute Gasteiger partial charge is 0.545 e. The molecule has 2 atom stereocenters. The highest BCUT2D eigenvalue weighted by Gasteiger charge is 2.22. The molecular formula is C90H161NO8. The lowest BCUT2D eigenvalue weighted by molar-refractivity contribution is -0.870. The predicted molar refractivity (Wildman–Crippen MR) is 426 cm³/mol. The maximum Gasteiger partial charge on any atom is 0.306 e. The molecule has 0 spiro atoms. The van der Waals surface area contributed by atoms with Crippen molar-refractivity contribution in [3.05, 3.63) is 97.2 Å². The van der Waals surface area contributed by atoms with Crippen LogP contribution in [0, 0.1) is 0 Å². The quantitative estimate of drug-likeness (QED) is 0.0195. The number of hydrogen-bond donors (Lipinski definition) is 0. The summed E-state index contributed by atoms with van der Waals surface area (Å²) in [5.41, 5.74) is 0. The first-order chi connectivity index (χ1) is 48.6. The van der Waals surface area contributed by atoms with E-state index in [1.165, 1.54) is 283 Å². The van der Waals surface area contributed by atoms with E-state index in [4.69, 9.17) is 18.9 Å². The molecule has 0 aliphatic rings. The van der Waals surface area contributed by atoms with Crippen molar-refractivity contribution in [1.29, 1.82) is 0 Å². The van der Waals surface area contributed by atoms with Crippen molar-refractivity contribution in [3.63, 3.8) is 0 Å². The van der Waals surface area contributed by atoms with Crippen LogP contribution in [0.4, 0.5) is 0 Å². The highest BCUT2D eigenvalue weighted by atomic mass is 16.7. The van der Waals surface area contributed by atoms with Crippen LogP contribution in [0.2, 0.25) is 0 Å². The van der Waals surface area contributed by atoms with Crippen molar-refractivity contribution in [2.24, 2.45) is 0 Å². The van der Waals surface area contributed by atoms with E-state index in [-0.39, 0.29) is 32.2 Å². The van der Waals surface area contributed by atoms with Crippen LogP contribution in [0.25, 0.3) is 0 Å². The third-order valence-corrected chi connectivity index (χ3v) is 18.8. The molecule has 2 unspecified atom stereocenters. The summed E-state index contributed by atoms with van der Waals surface area (Å²) >= 11 is 0. The molecule has 0 saturated heterocycles. The fraction of sp³-hybridized carbons (Fsp3) is 0.789. The van der Waals surface area contributed by atoms with E-state index >= 15 is 0 Å². The maximum absolute atomic E-state index is 13.0. The Balaban J connectivity index is 3.98. The zero-order chi connectivity index (χ0) is 71.8. The van der Waals surface area contributed by atoms with E-state index in [1.807, 2.05) is 21.1 Å². The number of carbonyl (C=O) groups excluding carboxylic acids is 3. The number of esters is 2. The molecule has 0 aromatic heterocycles. The Kier molecular flexibility index (Phi) is 76.8. The van der Waals surface area contributed by atoms with Crippen molar-refractivity contribution in [2.75, 3.05) is 47.5 Å². The van der Waals surface area contributed by atoms with Gasteiger partial charge >= 0.3 is 11.9 Å². The highest BCUT2D eigenvalue weighted by Crippen LogP contribution is 2.20. The minimum absolute atomic E-state index is 0.148. The molecule has 0 rings (SSSR count). The average molecular weight is 1390 g/mol. The van der Waals surface area contributed by atoms with Crippen LogP contribution in [0.15, 0.2) is 97.2 Å². The van der Waals surface area contributed by atoms with Crippen LogP contribution in [0.3, 0.4) is 0 Å². The molecule has 99 heavy (non-hydrogen) atoms. The zero-order valence-corrected chi connectivity index (χ0v) is 65.9. The smallest absolute Gasteiger partial charge is 0.306 e. The highest BCUT2D eigenvalue weighted by molar-refractivity contribution is 5.70. The summed E-state index contributed by atoms with van der Waals surface area (Å²) in [5.74, 6) is -2.26. The van der Waals surface area contributed by atoms with Crippen molar-refractivity contribution < 1.29 is 42.9 Å². The van der Waals surface area contributed by atoms with Gasteiger partial charge in [0.15, 0.2) is 12.4 Å². The van der Waals surface area contributed by atoms with Crippen molar-refractivity contribution in [3.8, 4) is 0 Å². The van der Waals surface area contributed by atoms with Gasteiger partial charge in [-0.2, -0.15) is 0 Å². The maximum atomic E-state index is 13.0. The first kappa shape index (κ1) is 95.2. The lowest BCUT2D eigenvalue weighted by Crippen LogP contribution is -2.44. The number of ether oxygens (including phenoxy) is 4. The Morgan fingerprint density at radius 1 is 0.313 bits per heavy atom. The van der Waals surface area contributed by atoms with E-state index in [1.54, 1.807) is 0 Å². The van der Waals surface area contributed by atoms with Gasteiger partial charge in [-0.3, -0.25) is 9.59 Å². The SMILES string of the molecule is CC/C=C\C/C=C\C/C=C\C/C=C\C/C=C\C/C=C\C/C=C\C/C=C\CCCCCCCCCCCCCCCCCCC(=O)OC(COC(=O)CCCCCCCCCCCCCCCCCCCCCCCCCCCCCCCCCCC)COC(OCC[N+](C)(C)C)C(=O)[O-]. The monoisotopic (exact) mass is 1380 g/mol. The number of rotatable bonds is 79. The van der Waals surface area contributed by atoms with Crippen LogP contribution in [-0.4, -0.2) is 82.3 Å². The Labute approximate surface area is 613 Å². The molecule has 0 bridgehead atoms. The van der Waals surface area contributed by atoms with Gasteiger partial charge in [-0.05, 0) is 77.0 Å². The van der Waals surface area contributed by atoms with Crippen LogP contribution in [0.5, 0.6) is 0 Å². The number of carboxylic acid groups (broad SMARTS) is 1. The van der Waals surface area contributed by atoms with Crippen molar-refractivity contribution in [2.45, 2.75) is 411 Å². The number of nitrogens with zero attached hydrogens (tertiary/aromatic N) is 1. The standard InChI is InChI=1S/C90H161NO8/c1-6-8-10-12-14-16-18-20-22-24-26-28-30-32-34-36-38-40-41-42-43-44-45-46-47-49-51-53-55-57-59-61-63-65-67-69-71-73-75-77-79-81-88(93)99-86(85-98-90(89(94)95)96-83-82-91(3,4)5)84-97-87(92)80-78-76-74-72-70-68-66-64-62-60-58-56-54-52-50-48-39-37-35-33-31-29-27-25-23-21-19-17-15-13-11-9-7-2/h8,10,14,16,20,22,26,28,32,34,38,40,42-43,45-46,86,90H,6-7,9,11-13,15,17-19,21,23-25,27,29-31,33,35-37,39,41,44,47-85H2,1-5H3/b10-8-,16-14-,22-20-,28-26-,34-32-,40-38-,43-42-,46-45-. The number of unbranched alkanes of at least 4 members (excludes halogenated alkanes) is 48. The van der Waals surface area contributed by atoms with Gasteiger partial charge in [0, 0.05) is 12.8 Å². The predicted octanol–water partition coefficient (Wildman–Crippen LogP) is 26.2. The minimum Gasteiger partial charge on any atom is -0.545 e. The summed E-state index contributed by atoms with van der Waals surface area (Å²) in [6.45, 7) is 4.70. The van der Waals surface area contributed by atoms with Crippen LogP contribution < -0.4 is 5.11 Å². The first-order valence-electron chi connectivity index (χ1n) is 42.4. The lowest BCUT2D eigenvalue weighted by atomic mass is 10.0. The molecule has 9 nitrogen and oxygen atoms in total. The number of carbonyl (C=O) groups is 3. The summed E-state index contributed by atoms with van der Waals surface area (Å²) in [7, 11) is 5.95. The lowest BCUT2D eigenvalue weighted by Gasteiger charge is -2.26. The molecule has 0 amide bonds. The van der Waals surface area contributed by atoms with Gasteiger partial charge in [-0.25, -0.2) is 0 Å². The number of quaternary nitrogens is 1. The van der Waals surface area contributed by atoms with E-state index in [9.17, 15) is 19.5 Å². The third-order valence-electron chi connectivity index (χ3n) is 18.8. The Morgan fingerprint density at radius 3 is 0.859 bits per heavy atom. The first-order valence-corrected chi connectivity index (χ1v) is 42.4. The molecule has 0 aromatic rings. The van der Waals surface area contributed by atoms with Gasteiger partial charge in [0.05, 0.1) is 40.3 Å². The van der Waals surface area contributed by atoms with Crippen molar-refractivity contribution in [1.82, 2.24) is 0 Å². The van der Waals surface area contributed by atoms with Gasteiger partial charge in [-0.1, -0.05) is 406 Å². The molecule has 0 heterocycles. The molecule has 0 saturated carbocycles. The van der Waals surface area contributed by atoms with E-state index in [2.05, 4.69) is 111 Å². The summed E-state index contributed by atoms with van der Waals surface area (Å²) < 4.78 is 22.9. The second-order valence-corrected chi connectivity index (χ2v) is 29.8. The number of carboxylic acids is 1. The molecule has 0 radical (unpaired) electrons. The average Bonchev–Trinajstić information content (AvgIpc) is 2.62. The second-order valence-electron chi connectivity index (χ2n) is 29.8. The van der Waals surface area contributed by atoms with Gasteiger partial charge in [0.25, 0.3) is 0 Å². The Bertz CT molecular complexity index is 1960. The van der Waals surface area contributed by atoms with Crippen LogP contribution in [-0.2, 0) is 33.3 Å².